The molecule has 2 aliphatic rings. The first kappa shape index (κ1) is 20.5. The van der Waals surface area contributed by atoms with Crippen LogP contribution in [-0.2, 0) is 9.53 Å². The number of carbonyl (C=O) groups is 1. The number of halogens is 2. The molecule has 0 aliphatic carbocycles. The molecule has 0 spiro atoms. The van der Waals surface area contributed by atoms with Crippen molar-refractivity contribution in [2.24, 2.45) is 0 Å². The molecular formula is C25H20ClFN2O3. The Morgan fingerprint density at radius 2 is 1.69 bits per heavy atom. The number of ether oxygens (including phenoxy) is 1. The fourth-order valence-corrected chi connectivity index (χ4v) is 4.35. The Labute approximate surface area is 189 Å². The summed E-state index contributed by atoms with van der Waals surface area (Å²) in [6.07, 6.45) is 0. The lowest BCUT2D eigenvalue weighted by Gasteiger charge is -2.29. The third-order valence-corrected chi connectivity index (χ3v) is 6.07. The van der Waals surface area contributed by atoms with Crippen LogP contribution in [0.15, 0.2) is 60.7 Å². The van der Waals surface area contributed by atoms with Crippen molar-refractivity contribution in [3.8, 4) is 11.1 Å². The monoisotopic (exact) mass is 450 g/mol. The van der Waals surface area contributed by atoms with Crippen molar-refractivity contribution in [1.82, 2.24) is 0 Å². The molecule has 1 fully saturated rings. The van der Waals surface area contributed by atoms with E-state index in [9.17, 15) is 14.3 Å². The van der Waals surface area contributed by atoms with Gasteiger partial charge >= 0.3 is 0 Å². The van der Waals surface area contributed by atoms with Gasteiger partial charge in [-0.1, -0.05) is 23.7 Å². The van der Waals surface area contributed by atoms with Crippen molar-refractivity contribution in [3.05, 3.63) is 82.6 Å². The van der Waals surface area contributed by atoms with Crippen LogP contribution in [0.3, 0.4) is 0 Å². The van der Waals surface area contributed by atoms with Crippen molar-refractivity contribution in [2.45, 2.75) is 0 Å². The van der Waals surface area contributed by atoms with E-state index in [4.69, 9.17) is 16.3 Å². The number of carbonyl (C=O) groups excluding carboxylic acids is 1. The number of hydrogen-bond acceptors (Lipinski definition) is 4. The van der Waals surface area contributed by atoms with Crippen LogP contribution in [0.25, 0.3) is 22.5 Å². The highest BCUT2D eigenvalue weighted by Gasteiger charge is 2.30. The Balaban J connectivity index is 1.54. The smallest absolute Gasteiger partial charge is 0.260 e. The number of amides is 1. The number of nitrogens with one attached hydrogen (secondary N) is 1. The van der Waals surface area contributed by atoms with E-state index in [1.165, 1.54) is 24.3 Å². The lowest BCUT2D eigenvalue weighted by Crippen LogP contribution is -2.36. The van der Waals surface area contributed by atoms with E-state index in [2.05, 4.69) is 10.2 Å². The standard InChI is InChI=1S/C25H20ClFN2O3/c26-21-14-22-20(23(25(31)28-22)24(30)16-1-5-17(27)6-2-16)13-19(21)15-3-7-18(8-4-15)29-9-11-32-12-10-29/h1-8,13-14,30H,9-12H2,(H,28,31). The molecule has 1 saturated heterocycles. The van der Waals surface area contributed by atoms with Gasteiger partial charge in [0.2, 0.25) is 0 Å². The van der Waals surface area contributed by atoms with Gasteiger partial charge < -0.3 is 20.1 Å². The Morgan fingerprint density at radius 1 is 1.00 bits per heavy atom. The Kier molecular flexibility index (Phi) is 5.33. The largest absolute Gasteiger partial charge is 0.506 e. The van der Waals surface area contributed by atoms with Crippen LogP contribution in [0, 0.1) is 5.82 Å². The van der Waals surface area contributed by atoms with Gasteiger partial charge in [0.15, 0.2) is 0 Å². The highest BCUT2D eigenvalue weighted by Crippen LogP contribution is 2.42. The van der Waals surface area contributed by atoms with Crippen LogP contribution in [0.5, 0.6) is 0 Å². The lowest BCUT2D eigenvalue weighted by molar-refractivity contribution is -0.110. The molecular weight excluding hydrogens is 431 g/mol. The summed E-state index contributed by atoms with van der Waals surface area (Å²) in [5.41, 5.74) is 4.33. The van der Waals surface area contributed by atoms with E-state index < -0.39 is 11.7 Å². The summed E-state index contributed by atoms with van der Waals surface area (Å²) in [4.78, 5) is 14.9. The molecule has 1 amide bonds. The fourth-order valence-electron chi connectivity index (χ4n) is 4.07. The maximum absolute atomic E-state index is 13.3. The summed E-state index contributed by atoms with van der Waals surface area (Å²) in [5.74, 6) is -1.06. The minimum Gasteiger partial charge on any atom is -0.506 e. The first-order valence-electron chi connectivity index (χ1n) is 10.3. The van der Waals surface area contributed by atoms with Gasteiger partial charge in [-0.25, -0.2) is 4.39 Å². The minimum atomic E-state index is -0.433. The number of fused-ring (bicyclic) bond motifs is 1. The molecule has 7 heteroatoms. The molecule has 32 heavy (non-hydrogen) atoms. The predicted octanol–water partition coefficient (Wildman–Crippen LogP) is 5.36. The van der Waals surface area contributed by atoms with E-state index in [0.717, 1.165) is 29.9 Å². The summed E-state index contributed by atoms with van der Waals surface area (Å²) in [6, 6.07) is 16.9. The number of rotatable bonds is 3. The first-order chi connectivity index (χ1) is 15.5. The molecule has 3 aromatic carbocycles. The van der Waals surface area contributed by atoms with E-state index in [1.807, 2.05) is 24.3 Å². The summed E-state index contributed by atoms with van der Waals surface area (Å²) >= 11 is 6.54. The lowest BCUT2D eigenvalue weighted by atomic mass is 9.97. The maximum atomic E-state index is 13.3. The Morgan fingerprint density at radius 3 is 2.38 bits per heavy atom. The molecule has 0 atom stereocenters. The van der Waals surface area contributed by atoms with Crippen molar-refractivity contribution in [1.29, 1.82) is 0 Å². The second-order valence-corrected chi connectivity index (χ2v) is 8.12. The van der Waals surface area contributed by atoms with Crippen LogP contribution in [0.1, 0.15) is 11.1 Å². The summed E-state index contributed by atoms with van der Waals surface area (Å²) in [5, 5.41) is 14.0. The predicted molar refractivity (Wildman–Crippen MR) is 124 cm³/mol. The fraction of sp³-hybridized carbons (Fsp3) is 0.160. The van der Waals surface area contributed by atoms with Crippen LogP contribution in [0.4, 0.5) is 15.8 Å². The molecule has 2 aliphatic heterocycles. The average molecular weight is 451 g/mol. The SMILES string of the molecule is O=C1Nc2cc(Cl)c(-c3ccc(N4CCOCC4)cc3)cc2C1=C(O)c1ccc(F)cc1. The summed E-state index contributed by atoms with van der Waals surface area (Å²) in [6.45, 7) is 3.13. The molecule has 0 saturated carbocycles. The molecule has 162 valence electrons. The van der Waals surface area contributed by atoms with E-state index in [-0.39, 0.29) is 11.3 Å². The van der Waals surface area contributed by atoms with Gasteiger partial charge in [-0.05, 0) is 54.1 Å². The quantitative estimate of drug-likeness (QED) is 0.416. The average Bonchev–Trinajstić information content (AvgIpc) is 3.13. The topological polar surface area (TPSA) is 61.8 Å². The Hall–Kier alpha value is -3.35. The van der Waals surface area contributed by atoms with Gasteiger partial charge in [-0.2, -0.15) is 0 Å². The molecule has 0 aromatic heterocycles. The number of anilines is 2. The van der Waals surface area contributed by atoms with Crippen molar-refractivity contribution in [3.63, 3.8) is 0 Å². The van der Waals surface area contributed by atoms with E-state index in [0.29, 0.717) is 35.1 Å². The number of aliphatic hydroxyl groups excluding tert-OH is 1. The molecule has 0 unspecified atom stereocenters. The number of benzene rings is 3. The molecule has 2 N–H and O–H groups in total. The van der Waals surface area contributed by atoms with Gasteiger partial charge in [-0.15, -0.1) is 0 Å². The summed E-state index contributed by atoms with van der Waals surface area (Å²) in [7, 11) is 0. The molecule has 5 nitrogen and oxygen atoms in total. The normalized spacial score (nSPS) is 17.2. The third kappa shape index (κ3) is 3.72. The van der Waals surface area contributed by atoms with E-state index in [1.54, 1.807) is 12.1 Å². The van der Waals surface area contributed by atoms with Gasteiger partial charge in [0.25, 0.3) is 5.91 Å². The maximum Gasteiger partial charge on any atom is 0.260 e. The second-order valence-electron chi connectivity index (χ2n) is 7.71. The van der Waals surface area contributed by atoms with E-state index >= 15 is 0 Å². The van der Waals surface area contributed by atoms with Crippen molar-refractivity contribution in [2.75, 3.05) is 36.5 Å². The molecule has 2 heterocycles. The number of hydrogen-bond donors (Lipinski definition) is 2. The highest BCUT2D eigenvalue weighted by molar-refractivity contribution is 6.38. The molecule has 0 radical (unpaired) electrons. The van der Waals surface area contributed by atoms with Gasteiger partial charge in [0.05, 0.1) is 29.5 Å². The van der Waals surface area contributed by atoms with Crippen LogP contribution < -0.4 is 10.2 Å². The Bertz CT molecular complexity index is 1220. The van der Waals surface area contributed by atoms with Gasteiger partial charge in [0, 0.05) is 35.5 Å². The number of aliphatic hydroxyl groups is 1. The minimum absolute atomic E-state index is 0.134. The van der Waals surface area contributed by atoms with Gasteiger partial charge in [0.1, 0.15) is 11.6 Å². The van der Waals surface area contributed by atoms with Crippen molar-refractivity contribution < 1.29 is 19.0 Å². The van der Waals surface area contributed by atoms with Crippen molar-refractivity contribution >= 4 is 40.2 Å². The zero-order valence-corrected chi connectivity index (χ0v) is 17.8. The first-order valence-corrected chi connectivity index (χ1v) is 10.7. The molecule has 3 aromatic rings. The second kappa shape index (κ2) is 8.30. The van der Waals surface area contributed by atoms with Gasteiger partial charge in [-0.3, -0.25) is 4.79 Å². The molecule has 5 rings (SSSR count). The number of morpholine rings is 1. The van der Waals surface area contributed by atoms with Crippen LogP contribution >= 0.6 is 11.6 Å². The van der Waals surface area contributed by atoms with Crippen LogP contribution in [0.2, 0.25) is 5.02 Å². The van der Waals surface area contributed by atoms with Crippen LogP contribution in [-0.4, -0.2) is 37.3 Å². The number of nitrogens with zero attached hydrogens (tertiary/aromatic N) is 1. The third-order valence-electron chi connectivity index (χ3n) is 5.76. The summed E-state index contributed by atoms with van der Waals surface area (Å²) < 4.78 is 18.7. The highest BCUT2D eigenvalue weighted by atomic mass is 35.5. The zero-order chi connectivity index (χ0) is 22.2. The zero-order valence-electron chi connectivity index (χ0n) is 17.1. The molecule has 0 bridgehead atoms.